The van der Waals surface area contributed by atoms with Crippen LogP contribution in [-0.4, -0.2) is 5.50 Å². The molecule has 1 unspecified atom stereocenters. The highest BCUT2D eigenvalue weighted by molar-refractivity contribution is 6.20. The summed E-state index contributed by atoms with van der Waals surface area (Å²) in [6, 6.07) is 0. The second-order valence-corrected chi connectivity index (χ2v) is 4.46. The molecule has 0 aliphatic heterocycles. The standard InChI is InChI=1S/C11H24ClN/c1-3-5-7-10(8-6-4-2)9-11(12)13/h10-11H,3-9,13H2,1-2H3. The lowest BCUT2D eigenvalue weighted by Gasteiger charge is -2.17. The Bertz CT molecular complexity index is 96.3. The summed E-state index contributed by atoms with van der Waals surface area (Å²) in [4.78, 5) is 0. The van der Waals surface area contributed by atoms with Gasteiger partial charge >= 0.3 is 0 Å². The first-order valence-electron chi connectivity index (χ1n) is 5.60. The first-order valence-corrected chi connectivity index (χ1v) is 6.04. The Hall–Kier alpha value is 0.250. The van der Waals surface area contributed by atoms with E-state index >= 15 is 0 Å². The highest BCUT2D eigenvalue weighted by atomic mass is 35.5. The number of hydrogen-bond acceptors (Lipinski definition) is 1. The van der Waals surface area contributed by atoms with Crippen molar-refractivity contribution in [2.24, 2.45) is 11.7 Å². The molecule has 0 aliphatic carbocycles. The molecule has 1 nitrogen and oxygen atoms in total. The smallest absolute Gasteiger partial charge is 0.0803 e. The Labute approximate surface area is 88.0 Å². The van der Waals surface area contributed by atoms with E-state index in [0.29, 0.717) is 0 Å². The first-order chi connectivity index (χ1) is 6.20. The van der Waals surface area contributed by atoms with E-state index in [1.54, 1.807) is 0 Å². The van der Waals surface area contributed by atoms with Crippen molar-refractivity contribution < 1.29 is 0 Å². The van der Waals surface area contributed by atoms with Gasteiger partial charge in [-0.3, -0.25) is 0 Å². The van der Waals surface area contributed by atoms with Gasteiger partial charge in [-0.05, 0) is 12.3 Å². The number of rotatable bonds is 8. The van der Waals surface area contributed by atoms with E-state index in [1.807, 2.05) is 0 Å². The van der Waals surface area contributed by atoms with Crippen molar-refractivity contribution in [3.8, 4) is 0 Å². The van der Waals surface area contributed by atoms with E-state index in [-0.39, 0.29) is 5.50 Å². The zero-order valence-electron chi connectivity index (χ0n) is 9.06. The summed E-state index contributed by atoms with van der Waals surface area (Å²) in [6.45, 7) is 4.47. The second kappa shape index (κ2) is 8.83. The largest absolute Gasteiger partial charge is 0.315 e. The zero-order chi connectivity index (χ0) is 10.1. The predicted molar refractivity (Wildman–Crippen MR) is 61.0 cm³/mol. The number of halogens is 1. The van der Waals surface area contributed by atoms with Gasteiger partial charge in [-0.2, -0.15) is 0 Å². The van der Waals surface area contributed by atoms with Gasteiger partial charge in [0.2, 0.25) is 0 Å². The minimum absolute atomic E-state index is 0.140. The fraction of sp³-hybridized carbons (Fsp3) is 1.00. The van der Waals surface area contributed by atoms with Crippen molar-refractivity contribution in [1.29, 1.82) is 0 Å². The fourth-order valence-electron chi connectivity index (χ4n) is 1.68. The molecule has 0 fully saturated rings. The van der Waals surface area contributed by atoms with Gasteiger partial charge in [-0.25, -0.2) is 0 Å². The van der Waals surface area contributed by atoms with Gasteiger partial charge in [0.05, 0.1) is 5.50 Å². The Morgan fingerprint density at radius 2 is 1.54 bits per heavy atom. The molecule has 0 saturated heterocycles. The van der Waals surface area contributed by atoms with Crippen molar-refractivity contribution in [2.45, 2.75) is 64.3 Å². The van der Waals surface area contributed by atoms with Crippen molar-refractivity contribution >= 4 is 11.6 Å². The molecular weight excluding hydrogens is 182 g/mol. The molecule has 0 saturated carbocycles. The van der Waals surface area contributed by atoms with Gasteiger partial charge in [-0.1, -0.05) is 52.4 Å². The van der Waals surface area contributed by atoms with Crippen LogP contribution in [0.25, 0.3) is 0 Å². The third kappa shape index (κ3) is 8.58. The van der Waals surface area contributed by atoms with E-state index in [2.05, 4.69) is 13.8 Å². The topological polar surface area (TPSA) is 26.0 Å². The maximum absolute atomic E-state index is 5.81. The third-order valence-corrected chi connectivity index (χ3v) is 2.67. The van der Waals surface area contributed by atoms with Crippen LogP contribution in [0.15, 0.2) is 0 Å². The third-order valence-electron chi connectivity index (χ3n) is 2.49. The van der Waals surface area contributed by atoms with Gasteiger partial charge in [0.15, 0.2) is 0 Å². The molecule has 0 rings (SSSR count). The molecule has 2 heteroatoms. The van der Waals surface area contributed by atoms with Crippen LogP contribution in [0.1, 0.15) is 58.8 Å². The molecule has 0 radical (unpaired) electrons. The van der Waals surface area contributed by atoms with Crippen LogP contribution in [0.3, 0.4) is 0 Å². The molecule has 2 N–H and O–H groups in total. The molecule has 13 heavy (non-hydrogen) atoms. The molecule has 0 amide bonds. The average molecular weight is 206 g/mol. The van der Waals surface area contributed by atoms with Crippen molar-refractivity contribution in [3.63, 3.8) is 0 Å². The van der Waals surface area contributed by atoms with Crippen LogP contribution in [0.5, 0.6) is 0 Å². The SMILES string of the molecule is CCCCC(CCCC)CC(N)Cl. The Balaban J connectivity index is 3.60. The van der Waals surface area contributed by atoms with Crippen LogP contribution in [0, 0.1) is 5.92 Å². The van der Waals surface area contributed by atoms with Crippen LogP contribution in [0.4, 0.5) is 0 Å². The van der Waals surface area contributed by atoms with E-state index in [4.69, 9.17) is 17.3 Å². The Morgan fingerprint density at radius 3 is 1.85 bits per heavy atom. The molecule has 0 bridgehead atoms. The van der Waals surface area contributed by atoms with Crippen LogP contribution in [-0.2, 0) is 0 Å². The summed E-state index contributed by atoms with van der Waals surface area (Å²) in [5.41, 5.74) is 5.46. The maximum atomic E-state index is 5.81. The molecule has 0 spiro atoms. The minimum atomic E-state index is -0.140. The van der Waals surface area contributed by atoms with Crippen molar-refractivity contribution in [2.75, 3.05) is 0 Å². The molecule has 80 valence electrons. The van der Waals surface area contributed by atoms with E-state index in [9.17, 15) is 0 Å². The summed E-state index contributed by atoms with van der Waals surface area (Å²) >= 11 is 5.81. The van der Waals surface area contributed by atoms with Crippen LogP contribution in [0.2, 0.25) is 0 Å². The molecular formula is C11H24ClN. The monoisotopic (exact) mass is 205 g/mol. The van der Waals surface area contributed by atoms with Gasteiger partial charge in [-0.15, -0.1) is 11.6 Å². The van der Waals surface area contributed by atoms with E-state index in [0.717, 1.165) is 12.3 Å². The second-order valence-electron chi connectivity index (χ2n) is 3.90. The average Bonchev–Trinajstić information content (AvgIpc) is 2.09. The molecule has 0 aromatic rings. The Kier molecular flexibility index (Phi) is 9.00. The zero-order valence-corrected chi connectivity index (χ0v) is 9.82. The van der Waals surface area contributed by atoms with E-state index in [1.165, 1.54) is 38.5 Å². The molecule has 0 heterocycles. The fourth-order valence-corrected chi connectivity index (χ4v) is 1.94. The summed E-state index contributed by atoms with van der Waals surface area (Å²) < 4.78 is 0. The summed E-state index contributed by atoms with van der Waals surface area (Å²) in [6.07, 6.45) is 8.78. The van der Waals surface area contributed by atoms with Gasteiger partial charge in [0.1, 0.15) is 0 Å². The number of unbranched alkanes of at least 4 members (excludes halogenated alkanes) is 2. The minimum Gasteiger partial charge on any atom is -0.315 e. The predicted octanol–water partition coefficient (Wildman–Crippen LogP) is 3.90. The lowest BCUT2D eigenvalue weighted by molar-refractivity contribution is 0.389. The van der Waals surface area contributed by atoms with Crippen LogP contribution < -0.4 is 5.73 Å². The van der Waals surface area contributed by atoms with Gasteiger partial charge in [0, 0.05) is 0 Å². The molecule has 1 atom stereocenters. The number of alkyl halides is 1. The van der Waals surface area contributed by atoms with E-state index < -0.39 is 0 Å². The highest BCUT2D eigenvalue weighted by Gasteiger charge is 2.10. The van der Waals surface area contributed by atoms with Crippen molar-refractivity contribution in [3.05, 3.63) is 0 Å². The van der Waals surface area contributed by atoms with Gasteiger partial charge < -0.3 is 5.73 Å². The number of nitrogens with two attached hydrogens (primary N) is 1. The highest BCUT2D eigenvalue weighted by Crippen LogP contribution is 2.21. The lowest BCUT2D eigenvalue weighted by Crippen LogP contribution is -2.17. The van der Waals surface area contributed by atoms with Gasteiger partial charge in [0.25, 0.3) is 0 Å². The Morgan fingerprint density at radius 1 is 1.08 bits per heavy atom. The van der Waals surface area contributed by atoms with Crippen molar-refractivity contribution in [1.82, 2.24) is 0 Å². The summed E-state index contributed by atoms with van der Waals surface area (Å²) in [7, 11) is 0. The summed E-state index contributed by atoms with van der Waals surface area (Å²) in [5, 5.41) is 0. The van der Waals surface area contributed by atoms with Crippen LogP contribution >= 0.6 is 11.6 Å². The lowest BCUT2D eigenvalue weighted by atomic mass is 9.93. The molecule has 0 aromatic heterocycles. The quantitative estimate of drug-likeness (QED) is 0.472. The molecule has 0 aliphatic rings. The first kappa shape index (κ1) is 13.2. The number of hydrogen-bond donors (Lipinski definition) is 1. The maximum Gasteiger partial charge on any atom is 0.0803 e. The summed E-state index contributed by atoms with van der Waals surface area (Å²) in [5.74, 6) is 0.757. The molecule has 0 aromatic carbocycles. The normalized spacial score (nSPS) is 13.6.